The van der Waals surface area contributed by atoms with Crippen molar-refractivity contribution in [1.82, 2.24) is 0 Å². The lowest BCUT2D eigenvalue weighted by atomic mass is 10.3. The van der Waals surface area contributed by atoms with Gasteiger partial charge < -0.3 is 9.47 Å². The van der Waals surface area contributed by atoms with Gasteiger partial charge in [-0.2, -0.15) is 0 Å². The number of hydrogen-bond acceptors (Lipinski definition) is 5. The Morgan fingerprint density at radius 2 is 2.06 bits per heavy atom. The minimum atomic E-state index is -2.23. The van der Waals surface area contributed by atoms with E-state index in [9.17, 15) is 13.8 Å². The Labute approximate surface area is 91.0 Å². The quantitative estimate of drug-likeness (QED) is 0.604. The van der Waals surface area contributed by atoms with Crippen molar-refractivity contribution < 1.29 is 27.7 Å². The van der Waals surface area contributed by atoms with Gasteiger partial charge in [-0.1, -0.05) is 0 Å². The largest absolute Gasteiger partial charge is 0.605 e. The molecule has 0 spiro atoms. The van der Waals surface area contributed by atoms with E-state index in [0.717, 1.165) is 0 Å². The van der Waals surface area contributed by atoms with Crippen LogP contribution in [0.15, 0.2) is 24.3 Å². The van der Waals surface area contributed by atoms with Crippen molar-refractivity contribution in [1.29, 1.82) is 0 Å². The van der Waals surface area contributed by atoms with Crippen molar-refractivity contribution >= 4 is 14.2 Å². The Morgan fingerprint density at radius 3 is 2.62 bits per heavy atom. The molecule has 1 saturated heterocycles. The first-order valence-electron chi connectivity index (χ1n) is 4.38. The number of cyclic esters (lactones) is 2. The molecule has 2 rings (SSSR count). The lowest BCUT2D eigenvalue weighted by Crippen LogP contribution is -2.06. The maximum atomic E-state index is 12.6. The summed E-state index contributed by atoms with van der Waals surface area (Å²) in [5.74, 6) is -1.09. The summed E-state index contributed by atoms with van der Waals surface area (Å²) in [5.41, 5.74) is 0. The van der Waals surface area contributed by atoms with Crippen LogP contribution in [0.2, 0.25) is 0 Å². The van der Waals surface area contributed by atoms with E-state index in [-0.39, 0.29) is 12.4 Å². The molecule has 1 aliphatic rings. The van der Waals surface area contributed by atoms with Gasteiger partial charge in [-0.25, -0.2) is 9.18 Å². The first-order chi connectivity index (χ1) is 7.65. The van der Waals surface area contributed by atoms with E-state index in [1.165, 1.54) is 24.3 Å². The average Bonchev–Trinajstić information content (AvgIpc) is 2.68. The van der Waals surface area contributed by atoms with Gasteiger partial charge in [-0.05, 0) is 28.8 Å². The zero-order valence-corrected chi connectivity index (χ0v) is 8.85. The molecule has 84 valence electrons. The number of hydrogen-bond donors (Lipinski definition) is 0. The van der Waals surface area contributed by atoms with Gasteiger partial charge in [-0.3, -0.25) is 4.52 Å². The van der Waals surface area contributed by atoms with Gasteiger partial charge >= 0.3 is 20.0 Å². The molecule has 0 N–H and O–H groups in total. The second kappa shape index (κ2) is 4.45. The molecule has 5 nitrogen and oxygen atoms in total. The Balaban J connectivity index is 1.97. The SMILES string of the molecule is O=C1OCC([P+](=O)Oc2ccc(F)cc2)O1. The zero-order chi connectivity index (χ0) is 11.5. The van der Waals surface area contributed by atoms with E-state index < -0.39 is 25.8 Å². The molecule has 16 heavy (non-hydrogen) atoms. The predicted molar refractivity (Wildman–Crippen MR) is 50.9 cm³/mol. The number of halogens is 1. The van der Waals surface area contributed by atoms with Crippen molar-refractivity contribution in [2.45, 2.75) is 5.85 Å². The van der Waals surface area contributed by atoms with Crippen LogP contribution in [0, 0.1) is 5.82 Å². The molecule has 0 saturated carbocycles. The van der Waals surface area contributed by atoms with Crippen LogP contribution in [0.1, 0.15) is 0 Å². The van der Waals surface area contributed by atoms with Gasteiger partial charge in [0.15, 0.2) is 12.4 Å². The second-order valence-electron chi connectivity index (χ2n) is 2.96. The van der Waals surface area contributed by atoms with Gasteiger partial charge in [0.05, 0.1) is 0 Å². The summed E-state index contributed by atoms with van der Waals surface area (Å²) in [6.07, 6.45) is -0.865. The Kier molecular flexibility index (Phi) is 3.01. The third kappa shape index (κ3) is 2.46. The van der Waals surface area contributed by atoms with Crippen molar-refractivity contribution in [3.8, 4) is 5.75 Å². The summed E-state index contributed by atoms with van der Waals surface area (Å²) in [6.45, 7) is -0.102. The minimum Gasteiger partial charge on any atom is -0.425 e. The molecule has 1 heterocycles. The molecule has 1 fully saturated rings. The third-order valence-corrected chi connectivity index (χ3v) is 2.94. The lowest BCUT2D eigenvalue weighted by molar-refractivity contribution is 0.127. The van der Waals surface area contributed by atoms with Crippen LogP contribution >= 0.6 is 8.03 Å². The summed E-state index contributed by atoms with van der Waals surface area (Å²) >= 11 is 0. The first kappa shape index (κ1) is 10.8. The molecule has 0 aromatic heterocycles. The van der Waals surface area contributed by atoms with Gasteiger partial charge in [0.2, 0.25) is 0 Å². The predicted octanol–water partition coefficient (Wildman–Crippen LogP) is 2.44. The highest BCUT2D eigenvalue weighted by Crippen LogP contribution is 2.35. The fraction of sp³-hybridized carbons (Fsp3) is 0.222. The number of rotatable bonds is 3. The van der Waals surface area contributed by atoms with Crippen molar-refractivity contribution in [3.05, 3.63) is 30.1 Å². The van der Waals surface area contributed by atoms with Gasteiger partial charge in [-0.15, -0.1) is 0 Å². The van der Waals surface area contributed by atoms with E-state index in [0.29, 0.717) is 0 Å². The summed E-state index contributed by atoms with van der Waals surface area (Å²) in [7, 11) is -2.23. The monoisotopic (exact) mass is 245 g/mol. The maximum absolute atomic E-state index is 12.6. The van der Waals surface area contributed by atoms with E-state index in [1.807, 2.05) is 0 Å². The molecule has 0 radical (unpaired) electrons. The average molecular weight is 245 g/mol. The number of ether oxygens (including phenoxy) is 2. The normalized spacial score (nSPS) is 19.9. The summed E-state index contributed by atoms with van der Waals surface area (Å²) in [6, 6.07) is 5.02. The Hall–Kier alpha value is -1.68. The highest BCUT2D eigenvalue weighted by Gasteiger charge is 2.44. The highest BCUT2D eigenvalue weighted by molar-refractivity contribution is 7.40. The maximum Gasteiger partial charge on any atom is 0.605 e. The van der Waals surface area contributed by atoms with Crippen LogP contribution in [0.3, 0.4) is 0 Å². The highest BCUT2D eigenvalue weighted by atomic mass is 31.1. The molecular weight excluding hydrogens is 238 g/mol. The van der Waals surface area contributed by atoms with Crippen LogP contribution in [0.25, 0.3) is 0 Å². The van der Waals surface area contributed by atoms with E-state index in [2.05, 4.69) is 9.47 Å². The minimum absolute atomic E-state index is 0.102. The molecule has 0 aliphatic carbocycles. The topological polar surface area (TPSA) is 61.8 Å². The molecular formula is C9H7FO5P+. The van der Waals surface area contributed by atoms with Crippen LogP contribution in [0.4, 0.5) is 9.18 Å². The standard InChI is InChI=1S/C9H7FO5P/c10-6-1-3-7(4-2-6)15-16(12)8-5-13-9(11)14-8/h1-4,8H,5H2/q+1. The molecule has 1 aliphatic heterocycles. The number of carbonyl (C=O) groups is 1. The molecule has 1 aromatic carbocycles. The van der Waals surface area contributed by atoms with E-state index in [1.54, 1.807) is 0 Å². The summed E-state index contributed by atoms with van der Waals surface area (Å²) < 4.78 is 38.1. The van der Waals surface area contributed by atoms with Crippen molar-refractivity contribution in [2.75, 3.05) is 6.61 Å². The summed E-state index contributed by atoms with van der Waals surface area (Å²) in [4.78, 5) is 10.6. The van der Waals surface area contributed by atoms with Crippen LogP contribution in [-0.2, 0) is 14.0 Å². The van der Waals surface area contributed by atoms with Gasteiger partial charge in [0.1, 0.15) is 5.82 Å². The summed E-state index contributed by atoms with van der Waals surface area (Å²) in [5, 5.41) is 0. The lowest BCUT2D eigenvalue weighted by Gasteiger charge is -1.95. The molecule has 0 bridgehead atoms. The van der Waals surface area contributed by atoms with Gasteiger partial charge in [0, 0.05) is 0 Å². The van der Waals surface area contributed by atoms with E-state index in [4.69, 9.17) is 4.52 Å². The molecule has 1 aromatic rings. The second-order valence-corrected chi connectivity index (χ2v) is 4.29. The zero-order valence-electron chi connectivity index (χ0n) is 7.96. The van der Waals surface area contributed by atoms with Crippen LogP contribution in [-0.4, -0.2) is 18.6 Å². The first-order valence-corrected chi connectivity index (χ1v) is 5.63. The Bertz CT molecular complexity index is 418. The van der Waals surface area contributed by atoms with E-state index >= 15 is 0 Å². The number of benzene rings is 1. The van der Waals surface area contributed by atoms with Crippen molar-refractivity contribution in [3.63, 3.8) is 0 Å². The molecule has 2 atom stereocenters. The smallest absolute Gasteiger partial charge is 0.425 e. The van der Waals surface area contributed by atoms with Crippen LogP contribution in [0.5, 0.6) is 5.75 Å². The fourth-order valence-electron chi connectivity index (χ4n) is 1.08. The van der Waals surface area contributed by atoms with Crippen LogP contribution < -0.4 is 4.52 Å². The molecule has 7 heteroatoms. The van der Waals surface area contributed by atoms with Crippen molar-refractivity contribution in [2.24, 2.45) is 0 Å². The molecule has 0 amide bonds. The fourth-order valence-corrected chi connectivity index (χ4v) is 1.90. The van der Waals surface area contributed by atoms with Gasteiger partial charge in [0.25, 0.3) is 0 Å². The third-order valence-electron chi connectivity index (χ3n) is 1.82. The Morgan fingerprint density at radius 1 is 1.38 bits per heavy atom. The molecule has 2 unspecified atom stereocenters. The number of carbonyl (C=O) groups excluding carboxylic acids is 1.